The molecule has 1 aromatic rings. The first kappa shape index (κ1) is 15.7. The third-order valence-electron chi connectivity index (χ3n) is 2.46. The molecule has 0 bridgehead atoms. The van der Waals surface area contributed by atoms with Crippen molar-refractivity contribution in [2.75, 3.05) is 5.43 Å². The van der Waals surface area contributed by atoms with Crippen molar-refractivity contribution in [3.8, 4) is 0 Å². The maximum atomic E-state index is 5.46. The van der Waals surface area contributed by atoms with Gasteiger partial charge in [0.05, 0.1) is 0 Å². The van der Waals surface area contributed by atoms with Gasteiger partial charge in [0, 0.05) is 0 Å². The van der Waals surface area contributed by atoms with Crippen LogP contribution in [0, 0.1) is 0 Å². The molecular formula is C6H16N16. The molecule has 120 valence electrons. The highest BCUT2D eigenvalue weighted by molar-refractivity contribution is 5.97. The van der Waals surface area contributed by atoms with Crippen LogP contribution in [0.4, 0.5) is 5.95 Å². The van der Waals surface area contributed by atoms with Gasteiger partial charge in [-0.1, -0.05) is 0 Å². The maximum Gasteiger partial charge on any atom is 0.292 e. The summed E-state index contributed by atoms with van der Waals surface area (Å²) in [5, 5.41) is 1.14. The highest BCUT2D eigenvalue weighted by Crippen LogP contribution is 2.11. The third-order valence-corrected chi connectivity index (χ3v) is 2.46. The Balaban J connectivity index is 2.23. The Morgan fingerprint density at radius 3 is 2.23 bits per heavy atom. The first-order valence-corrected chi connectivity index (χ1v) is 5.70. The zero-order valence-electron chi connectivity index (χ0n) is 11.1. The van der Waals surface area contributed by atoms with Crippen LogP contribution < -0.4 is 56.0 Å². The Labute approximate surface area is 123 Å². The van der Waals surface area contributed by atoms with E-state index in [1.165, 1.54) is 12.7 Å². The SMILES string of the molecule is NNC1=NC(NN)(NN)N(NN)C(NNc2ncncn2)=N1. The van der Waals surface area contributed by atoms with E-state index in [-0.39, 0.29) is 17.9 Å². The number of hydrazine groups is 6. The number of aliphatic imine (C=N–C) groups is 2. The molecule has 0 atom stereocenters. The van der Waals surface area contributed by atoms with Crippen LogP contribution in [0.3, 0.4) is 0 Å². The van der Waals surface area contributed by atoms with Gasteiger partial charge in [0.1, 0.15) is 12.7 Å². The largest absolute Gasteiger partial charge is 0.292 e. The quantitative estimate of drug-likeness (QED) is 0.138. The molecule has 2 rings (SSSR count). The zero-order chi connectivity index (χ0) is 16.0. The second-order valence-corrected chi connectivity index (χ2v) is 3.65. The van der Waals surface area contributed by atoms with Crippen molar-refractivity contribution >= 4 is 17.9 Å². The van der Waals surface area contributed by atoms with E-state index >= 15 is 0 Å². The van der Waals surface area contributed by atoms with Gasteiger partial charge in [-0.2, -0.15) is 25.5 Å². The maximum absolute atomic E-state index is 5.46. The molecule has 14 N–H and O–H groups in total. The van der Waals surface area contributed by atoms with Crippen molar-refractivity contribution in [3.05, 3.63) is 12.7 Å². The second kappa shape index (κ2) is 6.82. The summed E-state index contributed by atoms with van der Waals surface area (Å²) in [4.78, 5) is 19.5. The van der Waals surface area contributed by atoms with E-state index in [1.807, 2.05) is 0 Å². The number of hydrogen-bond acceptors (Lipinski definition) is 16. The van der Waals surface area contributed by atoms with Crippen LogP contribution >= 0.6 is 0 Å². The van der Waals surface area contributed by atoms with Gasteiger partial charge in [0.25, 0.3) is 5.91 Å². The van der Waals surface area contributed by atoms with Crippen molar-refractivity contribution in [2.45, 2.75) is 5.91 Å². The first-order valence-electron chi connectivity index (χ1n) is 5.70. The van der Waals surface area contributed by atoms with E-state index in [9.17, 15) is 0 Å². The van der Waals surface area contributed by atoms with Crippen molar-refractivity contribution in [1.29, 1.82) is 0 Å². The number of aromatic nitrogens is 3. The molecule has 0 amide bonds. The summed E-state index contributed by atoms with van der Waals surface area (Å²) < 4.78 is 0. The zero-order valence-corrected chi connectivity index (χ0v) is 11.1. The number of nitrogens with zero attached hydrogens (tertiary/aromatic N) is 6. The number of nitrogens with one attached hydrogen (secondary N) is 6. The predicted octanol–water partition coefficient (Wildman–Crippen LogP) is -5.80. The van der Waals surface area contributed by atoms with Gasteiger partial charge in [-0.3, -0.25) is 33.8 Å². The Hall–Kier alpha value is -2.73. The fraction of sp³-hybridized carbons (Fsp3) is 0.167. The van der Waals surface area contributed by atoms with Crippen molar-refractivity contribution in [1.82, 2.24) is 47.2 Å². The van der Waals surface area contributed by atoms with E-state index in [1.54, 1.807) is 0 Å². The summed E-state index contributed by atoms with van der Waals surface area (Å²) in [5.41, 5.74) is 14.6. The van der Waals surface area contributed by atoms with E-state index in [2.05, 4.69) is 57.6 Å². The smallest absolute Gasteiger partial charge is 0.292 e. The average molecular weight is 312 g/mol. The van der Waals surface area contributed by atoms with Crippen LogP contribution in [0.1, 0.15) is 0 Å². The molecule has 0 radical (unpaired) electrons. The molecule has 0 unspecified atom stereocenters. The minimum absolute atomic E-state index is 0.00217. The summed E-state index contributed by atoms with van der Waals surface area (Å²) in [5.74, 6) is 20.4. The molecule has 22 heavy (non-hydrogen) atoms. The highest BCUT2D eigenvalue weighted by Gasteiger charge is 2.41. The number of nitrogens with two attached hydrogens (primary N) is 4. The number of rotatable bonds is 5. The Morgan fingerprint density at radius 2 is 1.68 bits per heavy atom. The molecular weight excluding hydrogens is 296 g/mol. The summed E-state index contributed by atoms with van der Waals surface area (Å²) >= 11 is 0. The molecule has 0 aliphatic carbocycles. The minimum Gasteiger partial charge on any atom is -0.292 e. The van der Waals surface area contributed by atoms with Crippen LogP contribution in [0.5, 0.6) is 0 Å². The van der Waals surface area contributed by atoms with E-state index < -0.39 is 5.91 Å². The highest BCUT2D eigenvalue weighted by atomic mass is 15.8. The fourth-order valence-electron chi connectivity index (χ4n) is 1.49. The fourth-order valence-corrected chi connectivity index (χ4v) is 1.49. The summed E-state index contributed by atoms with van der Waals surface area (Å²) in [6, 6.07) is 0. The molecule has 0 aromatic carbocycles. The minimum atomic E-state index is -1.57. The lowest BCUT2D eigenvalue weighted by atomic mass is 10.5. The molecule has 2 heterocycles. The van der Waals surface area contributed by atoms with Crippen molar-refractivity contribution < 1.29 is 0 Å². The molecule has 1 aromatic heterocycles. The molecule has 0 fully saturated rings. The van der Waals surface area contributed by atoms with Gasteiger partial charge in [-0.25, -0.2) is 26.7 Å². The van der Waals surface area contributed by atoms with E-state index in [0.717, 1.165) is 5.01 Å². The molecule has 0 spiro atoms. The lowest BCUT2D eigenvalue weighted by molar-refractivity contribution is 0.0446. The molecule has 16 heteroatoms. The number of hydrogen-bond donors (Lipinski definition) is 10. The Bertz CT molecular complexity index is 533. The Kier molecular flexibility index (Phi) is 4.85. The van der Waals surface area contributed by atoms with Gasteiger partial charge in [-0.15, -0.1) is 0 Å². The molecule has 1 aliphatic rings. The molecule has 0 saturated heterocycles. The van der Waals surface area contributed by atoms with Crippen LogP contribution in [0.15, 0.2) is 22.6 Å². The van der Waals surface area contributed by atoms with Crippen LogP contribution in [0.2, 0.25) is 0 Å². The van der Waals surface area contributed by atoms with Gasteiger partial charge < -0.3 is 0 Å². The third kappa shape index (κ3) is 2.96. The van der Waals surface area contributed by atoms with Gasteiger partial charge >= 0.3 is 0 Å². The van der Waals surface area contributed by atoms with Crippen molar-refractivity contribution in [3.63, 3.8) is 0 Å². The topological polar surface area (TPSA) is 243 Å². The predicted molar refractivity (Wildman–Crippen MR) is 75.3 cm³/mol. The van der Waals surface area contributed by atoms with E-state index in [4.69, 9.17) is 23.4 Å². The molecule has 16 nitrogen and oxygen atoms in total. The lowest BCUT2D eigenvalue weighted by Crippen LogP contribution is -2.78. The number of guanidine groups is 2. The molecule has 1 aliphatic heterocycles. The van der Waals surface area contributed by atoms with Crippen LogP contribution in [-0.4, -0.2) is 37.8 Å². The first-order chi connectivity index (χ1) is 10.7. The van der Waals surface area contributed by atoms with Gasteiger partial charge in [0.15, 0.2) is 0 Å². The normalized spacial score (nSPS) is 16.6. The second-order valence-electron chi connectivity index (χ2n) is 3.65. The lowest BCUT2D eigenvalue weighted by Gasteiger charge is -2.41. The summed E-state index contributed by atoms with van der Waals surface area (Å²) in [7, 11) is 0. The van der Waals surface area contributed by atoms with Gasteiger partial charge in [-0.05, 0) is 0 Å². The van der Waals surface area contributed by atoms with Gasteiger partial charge in [0.2, 0.25) is 17.9 Å². The average Bonchev–Trinajstić information content (AvgIpc) is 2.59. The summed E-state index contributed by atoms with van der Waals surface area (Å²) in [6.07, 6.45) is 2.61. The van der Waals surface area contributed by atoms with Crippen molar-refractivity contribution in [2.24, 2.45) is 33.4 Å². The standard InChI is InChI=1S/C6H16N16/c7-16-4-14-5(18-17-3-12-1-11-2-13-3)22(21-10)6(15-4,19-8)20-9/h1-2,19-21H,7-10H2,(H,11,12,13,17)(H2,14,15,16,18). The van der Waals surface area contributed by atoms with Crippen LogP contribution in [-0.2, 0) is 0 Å². The number of anilines is 1. The van der Waals surface area contributed by atoms with E-state index in [0.29, 0.717) is 0 Å². The van der Waals surface area contributed by atoms with Crippen LogP contribution in [0.25, 0.3) is 0 Å². The summed E-state index contributed by atoms with van der Waals surface area (Å²) in [6.45, 7) is 0. The Morgan fingerprint density at radius 1 is 1.00 bits per heavy atom. The molecule has 0 saturated carbocycles. The monoisotopic (exact) mass is 312 g/mol.